The molecule has 22 heavy (non-hydrogen) atoms. The normalized spacial score (nSPS) is 16.3. The van der Waals surface area contributed by atoms with E-state index in [1.165, 1.54) is 22.5 Å². The van der Waals surface area contributed by atoms with E-state index in [1.54, 1.807) is 12.1 Å². The van der Waals surface area contributed by atoms with Crippen molar-refractivity contribution in [3.8, 4) is 0 Å². The topological polar surface area (TPSA) is 66.4 Å². The van der Waals surface area contributed by atoms with Crippen LogP contribution in [0.15, 0.2) is 36.4 Å². The Balaban J connectivity index is 1.54. The molecule has 0 fully saturated rings. The molecule has 0 spiro atoms. The van der Waals surface area contributed by atoms with Gasteiger partial charge in [0, 0.05) is 11.3 Å². The molecule has 0 saturated heterocycles. The van der Waals surface area contributed by atoms with Gasteiger partial charge < -0.3 is 10.4 Å². The number of aryl methyl sites for hydroxylation is 1. The van der Waals surface area contributed by atoms with Crippen LogP contribution in [-0.2, 0) is 17.8 Å². The number of benzene rings is 1. The van der Waals surface area contributed by atoms with Crippen LogP contribution in [-0.4, -0.2) is 17.0 Å². The molecule has 1 atom stereocenters. The van der Waals surface area contributed by atoms with Gasteiger partial charge in [0.2, 0.25) is 5.91 Å². The highest BCUT2D eigenvalue weighted by Crippen LogP contribution is 2.35. The van der Waals surface area contributed by atoms with Crippen molar-refractivity contribution in [2.45, 2.75) is 31.7 Å². The second kappa shape index (κ2) is 6.32. The largest absolute Gasteiger partial charge is 0.477 e. The van der Waals surface area contributed by atoms with Crippen LogP contribution in [0.1, 0.15) is 44.4 Å². The third-order valence-electron chi connectivity index (χ3n) is 4.02. The number of carboxylic acid groups (broad SMARTS) is 1. The van der Waals surface area contributed by atoms with Gasteiger partial charge in [-0.3, -0.25) is 4.79 Å². The lowest BCUT2D eigenvalue weighted by Gasteiger charge is -2.11. The second-order valence-corrected chi connectivity index (χ2v) is 6.65. The predicted molar refractivity (Wildman–Crippen MR) is 85.2 cm³/mol. The summed E-state index contributed by atoms with van der Waals surface area (Å²) in [7, 11) is 0. The number of fused-ring (bicyclic) bond motifs is 1. The number of nitrogens with one attached hydrogen (secondary N) is 1. The summed E-state index contributed by atoms with van der Waals surface area (Å²) >= 11 is 1.20. The van der Waals surface area contributed by atoms with Gasteiger partial charge in [-0.1, -0.05) is 24.3 Å². The monoisotopic (exact) mass is 315 g/mol. The molecule has 1 aliphatic rings. The van der Waals surface area contributed by atoms with Crippen LogP contribution in [0.5, 0.6) is 0 Å². The molecule has 0 radical (unpaired) electrons. The summed E-state index contributed by atoms with van der Waals surface area (Å²) in [4.78, 5) is 24.1. The number of hydrogen-bond acceptors (Lipinski definition) is 3. The molecule has 1 amide bonds. The van der Waals surface area contributed by atoms with Crippen molar-refractivity contribution < 1.29 is 14.7 Å². The average Bonchev–Trinajstić information content (AvgIpc) is 3.13. The summed E-state index contributed by atoms with van der Waals surface area (Å²) in [5, 5.41) is 11.8. The van der Waals surface area contributed by atoms with Crippen LogP contribution < -0.4 is 5.32 Å². The van der Waals surface area contributed by atoms with Gasteiger partial charge in [0.05, 0.1) is 6.54 Å². The first-order valence-corrected chi connectivity index (χ1v) is 8.11. The maximum Gasteiger partial charge on any atom is 0.345 e. The zero-order chi connectivity index (χ0) is 15.5. The molecule has 3 rings (SSSR count). The maximum atomic E-state index is 12.1. The van der Waals surface area contributed by atoms with Crippen LogP contribution in [0, 0.1) is 0 Å². The standard InChI is InChI=1S/C17H17NO3S/c19-16(18-10-13-7-8-15(22-13)17(20)21)9-12-6-5-11-3-1-2-4-14(11)12/h1-4,7-8,12H,5-6,9-10H2,(H,18,19)(H,20,21). The van der Waals surface area contributed by atoms with Crippen molar-refractivity contribution in [3.63, 3.8) is 0 Å². The van der Waals surface area contributed by atoms with Crippen molar-refractivity contribution in [2.75, 3.05) is 0 Å². The van der Waals surface area contributed by atoms with Crippen LogP contribution in [0.25, 0.3) is 0 Å². The molecular formula is C17H17NO3S. The quantitative estimate of drug-likeness (QED) is 0.890. The lowest BCUT2D eigenvalue weighted by Crippen LogP contribution is -2.23. The number of carboxylic acids is 1. The lowest BCUT2D eigenvalue weighted by molar-refractivity contribution is -0.121. The van der Waals surface area contributed by atoms with Crippen molar-refractivity contribution in [3.05, 3.63) is 57.3 Å². The van der Waals surface area contributed by atoms with Crippen LogP contribution in [0.2, 0.25) is 0 Å². The van der Waals surface area contributed by atoms with Crippen LogP contribution >= 0.6 is 11.3 Å². The molecule has 2 N–H and O–H groups in total. The van der Waals surface area contributed by atoms with Gasteiger partial charge in [0.15, 0.2) is 0 Å². The Hall–Kier alpha value is -2.14. The minimum atomic E-state index is -0.926. The van der Waals surface area contributed by atoms with E-state index < -0.39 is 5.97 Å². The van der Waals surface area contributed by atoms with Crippen molar-refractivity contribution in [1.29, 1.82) is 0 Å². The first kappa shape index (κ1) is 14.8. The highest BCUT2D eigenvalue weighted by Gasteiger charge is 2.24. The highest BCUT2D eigenvalue weighted by molar-refractivity contribution is 7.13. The van der Waals surface area contributed by atoms with Gasteiger partial charge in [0.25, 0.3) is 0 Å². The zero-order valence-electron chi connectivity index (χ0n) is 12.0. The van der Waals surface area contributed by atoms with Crippen molar-refractivity contribution >= 4 is 23.2 Å². The van der Waals surface area contributed by atoms with Crippen molar-refractivity contribution in [2.24, 2.45) is 0 Å². The summed E-state index contributed by atoms with van der Waals surface area (Å²) < 4.78 is 0. The Labute approximate surface area is 132 Å². The summed E-state index contributed by atoms with van der Waals surface area (Å²) in [5.74, 6) is -0.605. The average molecular weight is 315 g/mol. The first-order valence-electron chi connectivity index (χ1n) is 7.30. The summed E-state index contributed by atoms with van der Waals surface area (Å²) in [6, 6.07) is 11.6. The van der Waals surface area contributed by atoms with Crippen LogP contribution in [0.4, 0.5) is 0 Å². The summed E-state index contributed by atoms with van der Waals surface area (Å²) in [5.41, 5.74) is 2.64. The van der Waals surface area contributed by atoms with E-state index in [0.717, 1.165) is 17.7 Å². The second-order valence-electron chi connectivity index (χ2n) is 5.49. The maximum absolute atomic E-state index is 12.1. The molecule has 1 aromatic heterocycles. The third kappa shape index (κ3) is 3.20. The summed E-state index contributed by atoms with van der Waals surface area (Å²) in [6.45, 7) is 0.394. The molecule has 1 aliphatic carbocycles. The van der Waals surface area contributed by atoms with E-state index in [2.05, 4.69) is 17.4 Å². The first-order chi connectivity index (χ1) is 10.6. The van der Waals surface area contributed by atoms with E-state index in [4.69, 9.17) is 5.11 Å². The molecular weight excluding hydrogens is 298 g/mol. The molecule has 1 aromatic carbocycles. The summed E-state index contributed by atoms with van der Waals surface area (Å²) in [6.07, 6.45) is 2.56. The molecule has 114 valence electrons. The Morgan fingerprint density at radius 3 is 2.82 bits per heavy atom. The zero-order valence-corrected chi connectivity index (χ0v) is 12.9. The molecule has 1 heterocycles. The fraction of sp³-hybridized carbons (Fsp3) is 0.294. The molecule has 0 saturated carbocycles. The molecule has 1 unspecified atom stereocenters. The Bertz CT molecular complexity index is 707. The predicted octanol–water partition coefficient (Wildman–Crippen LogP) is 3.18. The van der Waals surface area contributed by atoms with Gasteiger partial charge in [-0.05, 0) is 42.0 Å². The van der Waals surface area contributed by atoms with E-state index in [9.17, 15) is 9.59 Å². The van der Waals surface area contributed by atoms with E-state index in [1.807, 2.05) is 12.1 Å². The molecule has 5 heteroatoms. The fourth-order valence-electron chi connectivity index (χ4n) is 2.93. The van der Waals surface area contributed by atoms with Gasteiger partial charge in [-0.15, -0.1) is 11.3 Å². The smallest absolute Gasteiger partial charge is 0.345 e. The van der Waals surface area contributed by atoms with Gasteiger partial charge in [-0.25, -0.2) is 4.79 Å². The highest BCUT2D eigenvalue weighted by atomic mass is 32.1. The van der Waals surface area contributed by atoms with Gasteiger partial charge in [-0.2, -0.15) is 0 Å². The van der Waals surface area contributed by atoms with Crippen molar-refractivity contribution in [1.82, 2.24) is 5.32 Å². The number of rotatable bonds is 5. The van der Waals surface area contributed by atoms with Crippen LogP contribution in [0.3, 0.4) is 0 Å². The van der Waals surface area contributed by atoms with Gasteiger partial charge >= 0.3 is 5.97 Å². The number of carbonyl (C=O) groups is 2. The Morgan fingerprint density at radius 2 is 2.05 bits per heavy atom. The fourth-order valence-corrected chi connectivity index (χ4v) is 3.71. The lowest BCUT2D eigenvalue weighted by atomic mass is 9.97. The Kier molecular flexibility index (Phi) is 4.24. The molecule has 4 nitrogen and oxygen atoms in total. The number of hydrogen-bond donors (Lipinski definition) is 2. The number of aromatic carboxylic acids is 1. The van der Waals surface area contributed by atoms with Gasteiger partial charge in [0.1, 0.15) is 4.88 Å². The van der Waals surface area contributed by atoms with E-state index >= 15 is 0 Å². The minimum Gasteiger partial charge on any atom is -0.477 e. The Morgan fingerprint density at radius 1 is 1.23 bits per heavy atom. The molecule has 0 aliphatic heterocycles. The van der Waals surface area contributed by atoms with E-state index in [0.29, 0.717) is 23.8 Å². The number of carbonyl (C=O) groups excluding carboxylic acids is 1. The van der Waals surface area contributed by atoms with E-state index in [-0.39, 0.29) is 5.91 Å². The molecule has 2 aromatic rings. The molecule has 0 bridgehead atoms. The number of amides is 1. The third-order valence-corrected chi connectivity index (χ3v) is 5.09. The SMILES string of the molecule is O=C(CC1CCc2ccccc21)NCc1ccc(C(=O)O)s1. The number of thiophene rings is 1. The minimum absolute atomic E-state index is 0.0204.